The average Bonchev–Trinajstić information content (AvgIpc) is 2.58. The first kappa shape index (κ1) is 21.5. The lowest BCUT2D eigenvalue weighted by atomic mass is 10.1. The Kier molecular flexibility index (Phi) is 10.7. The Balaban J connectivity index is 0.00000288. The summed E-state index contributed by atoms with van der Waals surface area (Å²) in [7, 11) is 1.82. The zero-order chi connectivity index (χ0) is 16.5. The monoisotopic (exact) mass is 467 g/mol. The molecule has 1 saturated heterocycles. The minimum absolute atomic E-state index is 0. The van der Waals surface area contributed by atoms with Crippen LogP contribution < -0.4 is 5.32 Å². The average molecular weight is 467 g/mol. The quantitative estimate of drug-likeness (QED) is 0.228. The van der Waals surface area contributed by atoms with Crippen molar-refractivity contribution in [3.63, 3.8) is 0 Å². The van der Waals surface area contributed by atoms with Crippen LogP contribution in [-0.4, -0.2) is 56.0 Å². The first-order chi connectivity index (χ1) is 11.2. The summed E-state index contributed by atoms with van der Waals surface area (Å²) in [5, 5.41) is 3.41. The minimum atomic E-state index is -0.191. The number of hydrogen-bond acceptors (Lipinski definition) is 3. The van der Waals surface area contributed by atoms with Gasteiger partial charge >= 0.3 is 0 Å². The fraction of sp³-hybridized carbons (Fsp3) is 0.588. The molecule has 0 radical (unpaired) electrons. The molecule has 0 aliphatic carbocycles. The number of nitrogens with zero attached hydrogens (tertiary/aromatic N) is 2. The van der Waals surface area contributed by atoms with E-state index in [1.165, 1.54) is 12.1 Å². The molecule has 0 saturated carbocycles. The van der Waals surface area contributed by atoms with Crippen molar-refractivity contribution in [2.24, 2.45) is 4.99 Å². The van der Waals surface area contributed by atoms with Crippen molar-refractivity contribution in [2.75, 3.05) is 39.0 Å². The lowest BCUT2D eigenvalue weighted by Crippen LogP contribution is -2.47. The lowest BCUT2D eigenvalue weighted by Gasteiger charge is -2.34. The van der Waals surface area contributed by atoms with Crippen molar-refractivity contribution in [3.05, 3.63) is 30.1 Å². The molecule has 136 valence electrons. The number of hydrogen-bond donors (Lipinski definition) is 1. The normalized spacial score (nSPS) is 16.0. The second-order valence-electron chi connectivity index (χ2n) is 5.42. The van der Waals surface area contributed by atoms with Crippen LogP contribution in [0.2, 0.25) is 0 Å². The van der Waals surface area contributed by atoms with Crippen LogP contribution >= 0.6 is 35.7 Å². The molecule has 1 aromatic carbocycles. The van der Waals surface area contributed by atoms with Gasteiger partial charge in [-0.05, 0) is 44.0 Å². The van der Waals surface area contributed by atoms with Crippen LogP contribution in [0.4, 0.5) is 4.39 Å². The SMILES string of the molecule is CCOC1CCN(C(=NC)NCCSc2ccc(F)cc2)CC1.I. The van der Waals surface area contributed by atoms with Crippen LogP contribution in [0.1, 0.15) is 19.8 Å². The molecule has 0 aromatic heterocycles. The molecule has 4 nitrogen and oxygen atoms in total. The lowest BCUT2D eigenvalue weighted by molar-refractivity contribution is 0.0264. The molecule has 0 atom stereocenters. The van der Waals surface area contributed by atoms with E-state index >= 15 is 0 Å². The van der Waals surface area contributed by atoms with Crippen molar-refractivity contribution in [3.8, 4) is 0 Å². The summed E-state index contributed by atoms with van der Waals surface area (Å²) in [4.78, 5) is 7.74. The highest BCUT2D eigenvalue weighted by Crippen LogP contribution is 2.17. The smallest absolute Gasteiger partial charge is 0.193 e. The van der Waals surface area contributed by atoms with Gasteiger partial charge in [-0.3, -0.25) is 4.99 Å². The Morgan fingerprint density at radius 2 is 2.00 bits per heavy atom. The highest BCUT2D eigenvalue weighted by molar-refractivity contribution is 14.0. The maximum Gasteiger partial charge on any atom is 0.193 e. The first-order valence-electron chi connectivity index (χ1n) is 8.18. The number of aliphatic imine (C=N–C) groups is 1. The van der Waals surface area contributed by atoms with Crippen molar-refractivity contribution in [1.82, 2.24) is 10.2 Å². The molecule has 1 aliphatic rings. The van der Waals surface area contributed by atoms with Gasteiger partial charge in [-0.1, -0.05) is 0 Å². The Bertz CT molecular complexity index is 493. The number of thioether (sulfide) groups is 1. The van der Waals surface area contributed by atoms with Crippen molar-refractivity contribution in [1.29, 1.82) is 0 Å². The van der Waals surface area contributed by atoms with Crippen LogP contribution in [0.5, 0.6) is 0 Å². The van der Waals surface area contributed by atoms with Gasteiger partial charge in [-0.15, -0.1) is 35.7 Å². The number of benzene rings is 1. The van der Waals surface area contributed by atoms with Crippen molar-refractivity contribution >= 4 is 41.7 Å². The van der Waals surface area contributed by atoms with Gasteiger partial charge in [-0.25, -0.2) is 4.39 Å². The molecule has 1 aliphatic heterocycles. The second kappa shape index (κ2) is 11.9. The van der Waals surface area contributed by atoms with Crippen molar-refractivity contribution in [2.45, 2.75) is 30.8 Å². The number of guanidine groups is 1. The summed E-state index contributed by atoms with van der Waals surface area (Å²) < 4.78 is 18.5. The Hall–Kier alpha value is -0.540. The van der Waals surface area contributed by atoms with E-state index in [1.807, 2.05) is 26.1 Å². The highest BCUT2D eigenvalue weighted by Gasteiger charge is 2.21. The fourth-order valence-corrected chi connectivity index (χ4v) is 3.43. The van der Waals surface area contributed by atoms with Crippen LogP contribution in [0.3, 0.4) is 0 Å². The van der Waals surface area contributed by atoms with Crippen LogP contribution in [0.15, 0.2) is 34.2 Å². The van der Waals surface area contributed by atoms with E-state index in [0.717, 1.165) is 55.7 Å². The molecular formula is C17H27FIN3OS. The molecule has 1 fully saturated rings. The van der Waals surface area contributed by atoms with Gasteiger partial charge < -0.3 is 15.0 Å². The number of nitrogens with one attached hydrogen (secondary N) is 1. The second-order valence-corrected chi connectivity index (χ2v) is 6.59. The largest absolute Gasteiger partial charge is 0.378 e. The van der Waals surface area contributed by atoms with Gasteiger partial charge in [0, 0.05) is 43.9 Å². The zero-order valence-corrected chi connectivity index (χ0v) is 17.5. The molecule has 0 spiro atoms. The van der Waals surface area contributed by atoms with Gasteiger partial charge in [0.1, 0.15) is 5.82 Å². The molecule has 2 rings (SSSR count). The number of likely N-dealkylation sites (tertiary alicyclic amines) is 1. The molecule has 1 N–H and O–H groups in total. The van der Waals surface area contributed by atoms with E-state index in [2.05, 4.69) is 15.2 Å². The summed E-state index contributed by atoms with van der Waals surface area (Å²) >= 11 is 1.71. The van der Waals surface area contributed by atoms with Crippen LogP contribution in [0.25, 0.3) is 0 Å². The molecule has 0 amide bonds. The summed E-state index contributed by atoms with van der Waals surface area (Å²) in [6.07, 6.45) is 2.50. The van der Waals surface area contributed by atoms with Gasteiger partial charge in [0.05, 0.1) is 6.10 Å². The Morgan fingerprint density at radius 1 is 1.33 bits per heavy atom. The van der Waals surface area contributed by atoms with Gasteiger partial charge in [0.15, 0.2) is 5.96 Å². The Labute approximate surface area is 165 Å². The number of halogens is 2. The van der Waals surface area contributed by atoms with E-state index in [4.69, 9.17) is 4.74 Å². The number of ether oxygens (including phenoxy) is 1. The van der Waals surface area contributed by atoms with E-state index in [-0.39, 0.29) is 29.8 Å². The third-order valence-corrected chi connectivity index (χ3v) is 4.84. The number of rotatable bonds is 6. The van der Waals surface area contributed by atoms with Gasteiger partial charge in [0.25, 0.3) is 0 Å². The topological polar surface area (TPSA) is 36.9 Å². The summed E-state index contributed by atoms with van der Waals surface area (Å²) in [6, 6.07) is 6.62. The third-order valence-electron chi connectivity index (χ3n) is 3.82. The minimum Gasteiger partial charge on any atom is -0.378 e. The third kappa shape index (κ3) is 7.14. The van der Waals surface area contributed by atoms with Crippen LogP contribution in [0, 0.1) is 5.82 Å². The summed E-state index contributed by atoms with van der Waals surface area (Å²) in [5.41, 5.74) is 0. The van der Waals surface area contributed by atoms with E-state index in [0.29, 0.717) is 6.10 Å². The maximum absolute atomic E-state index is 12.9. The molecular weight excluding hydrogens is 440 g/mol. The molecule has 0 bridgehead atoms. The molecule has 0 unspecified atom stereocenters. The van der Waals surface area contributed by atoms with Gasteiger partial charge in [0.2, 0.25) is 0 Å². The van der Waals surface area contributed by atoms with Crippen LogP contribution in [-0.2, 0) is 4.74 Å². The first-order valence-corrected chi connectivity index (χ1v) is 9.17. The summed E-state index contributed by atoms with van der Waals surface area (Å²) in [5.74, 6) is 1.68. The Morgan fingerprint density at radius 3 is 2.58 bits per heavy atom. The van der Waals surface area contributed by atoms with Crippen molar-refractivity contribution < 1.29 is 9.13 Å². The molecule has 1 heterocycles. The molecule has 7 heteroatoms. The van der Waals surface area contributed by atoms with E-state index < -0.39 is 0 Å². The standard InChI is InChI=1S/C17H26FN3OS.HI/c1-3-22-15-8-11-21(12-9-15)17(19-2)20-10-13-23-16-6-4-14(18)5-7-16;/h4-7,15H,3,8-13H2,1-2H3,(H,19,20);1H. The number of piperidine rings is 1. The predicted octanol–water partition coefficient (Wildman–Crippen LogP) is 3.61. The van der Waals surface area contributed by atoms with E-state index in [1.54, 1.807) is 11.8 Å². The van der Waals surface area contributed by atoms with E-state index in [9.17, 15) is 4.39 Å². The molecule has 1 aromatic rings. The zero-order valence-electron chi connectivity index (χ0n) is 14.3. The van der Waals surface area contributed by atoms with Gasteiger partial charge in [-0.2, -0.15) is 0 Å². The maximum atomic E-state index is 12.9. The highest BCUT2D eigenvalue weighted by atomic mass is 127. The summed E-state index contributed by atoms with van der Waals surface area (Å²) in [6.45, 7) is 5.63. The fourth-order valence-electron chi connectivity index (χ4n) is 2.66. The predicted molar refractivity (Wildman–Crippen MR) is 110 cm³/mol. The molecule has 24 heavy (non-hydrogen) atoms.